The fraction of sp³-hybridized carbons (Fsp3) is 0.533. The van der Waals surface area contributed by atoms with Gasteiger partial charge in [0.1, 0.15) is 11.5 Å². The quantitative estimate of drug-likeness (QED) is 0.795. The normalized spacial score (nSPS) is 19.6. The molecular weight excluding hydrogens is 212 g/mol. The maximum atomic E-state index is 11.5. The van der Waals surface area contributed by atoms with Gasteiger partial charge in [-0.15, -0.1) is 0 Å². The Kier molecular flexibility index (Phi) is 2.46. The van der Waals surface area contributed by atoms with Crippen LogP contribution in [0.25, 0.3) is 0 Å². The first kappa shape index (κ1) is 10.8. The van der Waals surface area contributed by atoms with Crippen molar-refractivity contribution < 1.29 is 9.53 Å². The highest BCUT2D eigenvalue weighted by Gasteiger charge is 2.46. The molecule has 1 fully saturated rings. The van der Waals surface area contributed by atoms with Crippen molar-refractivity contribution in [2.75, 3.05) is 6.61 Å². The number of ketones is 1. The van der Waals surface area contributed by atoms with Crippen LogP contribution in [0.5, 0.6) is 5.75 Å². The highest BCUT2D eigenvalue weighted by atomic mass is 16.5. The first-order valence-corrected chi connectivity index (χ1v) is 6.45. The van der Waals surface area contributed by atoms with Crippen LogP contribution in [0.4, 0.5) is 0 Å². The predicted molar refractivity (Wildman–Crippen MR) is 66.3 cm³/mol. The summed E-state index contributed by atoms with van der Waals surface area (Å²) in [6.07, 6.45) is 5.25. The van der Waals surface area contributed by atoms with Crippen LogP contribution in [0.1, 0.15) is 37.3 Å². The van der Waals surface area contributed by atoms with Crippen molar-refractivity contribution in [2.45, 2.75) is 39.0 Å². The lowest BCUT2D eigenvalue weighted by Gasteiger charge is -2.11. The first-order chi connectivity index (χ1) is 8.20. The summed E-state index contributed by atoms with van der Waals surface area (Å²) < 4.78 is 5.50. The fourth-order valence-electron chi connectivity index (χ4n) is 2.71. The van der Waals surface area contributed by atoms with Gasteiger partial charge in [-0.25, -0.2) is 0 Å². The Hall–Kier alpha value is -1.31. The molecule has 1 heterocycles. The molecule has 1 aliphatic heterocycles. The average molecular weight is 230 g/mol. The number of rotatable bonds is 4. The lowest BCUT2D eigenvalue weighted by Crippen LogP contribution is -2.12. The lowest BCUT2D eigenvalue weighted by molar-refractivity contribution is -0.122. The second-order valence-electron chi connectivity index (χ2n) is 5.38. The molecule has 2 aliphatic rings. The van der Waals surface area contributed by atoms with Gasteiger partial charge in [0.05, 0.1) is 6.61 Å². The molecule has 0 atom stereocenters. The largest absolute Gasteiger partial charge is 0.493 e. The molecule has 1 saturated carbocycles. The molecule has 0 radical (unpaired) electrons. The van der Waals surface area contributed by atoms with Crippen molar-refractivity contribution in [3.63, 3.8) is 0 Å². The number of carbonyl (C=O) groups excluding carboxylic acids is 1. The van der Waals surface area contributed by atoms with Crippen molar-refractivity contribution in [3.8, 4) is 5.75 Å². The number of aryl methyl sites for hydroxylation is 1. The predicted octanol–water partition coefficient (Wildman–Crippen LogP) is 2.92. The molecular formula is C15H18O2. The third-order valence-corrected chi connectivity index (χ3v) is 4.25. The maximum Gasteiger partial charge on any atom is 0.135 e. The van der Waals surface area contributed by atoms with Crippen LogP contribution in [0.15, 0.2) is 18.2 Å². The smallest absolute Gasteiger partial charge is 0.135 e. The molecule has 0 bridgehead atoms. The number of fused-ring (bicyclic) bond motifs is 1. The summed E-state index contributed by atoms with van der Waals surface area (Å²) in [5.74, 6) is 1.42. The molecule has 0 aromatic heterocycles. The number of hydrogen-bond donors (Lipinski definition) is 0. The third-order valence-electron chi connectivity index (χ3n) is 4.25. The molecule has 1 aliphatic carbocycles. The van der Waals surface area contributed by atoms with Crippen molar-refractivity contribution in [1.82, 2.24) is 0 Å². The monoisotopic (exact) mass is 230 g/mol. The Morgan fingerprint density at radius 1 is 1.41 bits per heavy atom. The molecule has 90 valence electrons. The molecule has 17 heavy (non-hydrogen) atoms. The van der Waals surface area contributed by atoms with Gasteiger partial charge < -0.3 is 4.74 Å². The zero-order chi connectivity index (χ0) is 11.9. The molecule has 0 unspecified atom stereocenters. The minimum absolute atomic E-state index is 0.0372. The zero-order valence-electron chi connectivity index (χ0n) is 10.3. The molecule has 0 spiro atoms. The van der Waals surface area contributed by atoms with Crippen LogP contribution >= 0.6 is 0 Å². The van der Waals surface area contributed by atoms with E-state index in [1.165, 1.54) is 11.1 Å². The second kappa shape index (κ2) is 3.86. The van der Waals surface area contributed by atoms with Gasteiger partial charge in [-0.3, -0.25) is 4.79 Å². The molecule has 1 aromatic rings. The summed E-state index contributed by atoms with van der Waals surface area (Å²) in [5.41, 5.74) is 2.71. The Labute approximate surface area is 102 Å². The summed E-state index contributed by atoms with van der Waals surface area (Å²) in [7, 11) is 0. The Balaban J connectivity index is 1.68. The van der Waals surface area contributed by atoms with E-state index in [2.05, 4.69) is 18.2 Å². The number of ether oxygens (including phenoxy) is 1. The highest BCUT2D eigenvalue weighted by Crippen LogP contribution is 2.50. The van der Waals surface area contributed by atoms with Gasteiger partial charge in [0, 0.05) is 11.8 Å². The summed E-state index contributed by atoms with van der Waals surface area (Å²) >= 11 is 0. The Bertz CT molecular complexity index is 458. The average Bonchev–Trinajstić information content (AvgIpc) is 2.98. The van der Waals surface area contributed by atoms with Crippen molar-refractivity contribution in [3.05, 3.63) is 29.3 Å². The van der Waals surface area contributed by atoms with E-state index in [0.29, 0.717) is 5.78 Å². The van der Waals surface area contributed by atoms with Gasteiger partial charge in [-0.1, -0.05) is 12.1 Å². The maximum absolute atomic E-state index is 11.5. The van der Waals surface area contributed by atoms with E-state index in [-0.39, 0.29) is 5.41 Å². The van der Waals surface area contributed by atoms with E-state index in [1.807, 2.05) is 0 Å². The molecule has 2 nitrogen and oxygen atoms in total. The molecule has 0 saturated heterocycles. The second-order valence-corrected chi connectivity index (χ2v) is 5.38. The molecule has 1 aromatic carbocycles. The van der Waals surface area contributed by atoms with Crippen LogP contribution in [0, 0.1) is 5.41 Å². The number of Topliss-reactive ketones (excluding diaryl/α,β-unsaturated/α-hetero) is 1. The van der Waals surface area contributed by atoms with Crippen molar-refractivity contribution in [2.24, 2.45) is 5.41 Å². The summed E-state index contributed by atoms with van der Waals surface area (Å²) in [5, 5.41) is 0. The van der Waals surface area contributed by atoms with Gasteiger partial charge in [0.2, 0.25) is 0 Å². The van der Waals surface area contributed by atoms with E-state index in [4.69, 9.17) is 4.74 Å². The van der Waals surface area contributed by atoms with Gasteiger partial charge in [0.25, 0.3) is 0 Å². The van der Waals surface area contributed by atoms with Crippen molar-refractivity contribution in [1.29, 1.82) is 0 Å². The number of carbonyl (C=O) groups is 1. The zero-order valence-corrected chi connectivity index (χ0v) is 10.3. The summed E-state index contributed by atoms with van der Waals surface area (Å²) in [6.45, 7) is 2.56. The molecule has 3 rings (SSSR count). The van der Waals surface area contributed by atoms with Gasteiger partial charge >= 0.3 is 0 Å². The van der Waals surface area contributed by atoms with Crippen LogP contribution in [0.2, 0.25) is 0 Å². The SMILES string of the molecule is CC(=O)C1(CCc2ccc3c(c2)CCO3)CC1. The third kappa shape index (κ3) is 1.97. The number of hydrogen-bond acceptors (Lipinski definition) is 2. The van der Waals surface area contributed by atoms with Gasteiger partial charge in [-0.05, 0) is 49.8 Å². The number of benzene rings is 1. The lowest BCUT2D eigenvalue weighted by atomic mass is 9.93. The Morgan fingerprint density at radius 3 is 2.94 bits per heavy atom. The summed E-state index contributed by atoms with van der Waals surface area (Å²) in [6, 6.07) is 6.46. The van der Waals surface area contributed by atoms with Crippen LogP contribution in [-0.4, -0.2) is 12.4 Å². The molecule has 0 amide bonds. The van der Waals surface area contributed by atoms with Crippen molar-refractivity contribution >= 4 is 5.78 Å². The van der Waals surface area contributed by atoms with E-state index < -0.39 is 0 Å². The standard InChI is InChI=1S/C15H18O2/c1-11(16)15(7-8-15)6-4-12-2-3-14-13(10-12)5-9-17-14/h2-3,10H,4-9H2,1H3. The molecule has 0 N–H and O–H groups in total. The highest BCUT2D eigenvalue weighted by molar-refractivity contribution is 5.84. The Morgan fingerprint density at radius 2 is 2.24 bits per heavy atom. The van der Waals surface area contributed by atoms with Crippen LogP contribution in [-0.2, 0) is 17.6 Å². The van der Waals surface area contributed by atoms with E-state index in [0.717, 1.165) is 44.5 Å². The fourth-order valence-corrected chi connectivity index (χ4v) is 2.71. The minimum Gasteiger partial charge on any atom is -0.493 e. The van der Waals surface area contributed by atoms with E-state index in [9.17, 15) is 4.79 Å². The van der Waals surface area contributed by atoms with Gasteiger partial charge in [-0.2, -0.15) is 0 Å². The summed E-state index contributed by atoms with van der Waals surface area (Å²) in [4.78, 5) is 11.5. The van der Waals surface area contributed by atoms with Crippen LogP contribution in [0.3, 0.4) is 0 Å². The minimum atomic E-state index is 0.0372. The first-order valence-electron chi connectivity index (χ1n) is 6.45. The van der Waals surface area contributed by atoms with E-state index >= 15 is 0 Å². The molecule has 2 heteroatoms. The van der Waals surface area contributed by atoms with Gasteiger partial charge in [0.15, 0.2) is 0 Å². The van der Waals surface area contributed by atoms with E-state index in [1.54, 1.807) is 6.92 Å². The van der Waals surface area contributed by atoms with Crippen LogP contribution < -0.4 is 4.74 Å². The topological polar surface area (TPSA) is 26.3 Å².